The molecule has 0 fully saturated rings. The number of carbonyl (C=O) groups excluding carboxylic acids is 1. The average Bonchev–Trinajstić information content (AvgIpc) is 2.93. The van der Waals surface area contributed by atoms with Gasteiger partial charge >= 0.3 is 0 Å². The molecule has 2 rings (SSSR count). The standard InChI is InChI=1S/C15H17NO2S/c1-11(14-7-4-8-19-14)16-15(17)13-6-3-5-12(9-13)10-18-2/h3-9,11H,10H2,1-2H3,(H,16,17)/t11-/m1/s1. The second kappa shape index (κ2) is 6.50. The summed E-state index contributed by atoms with van der Waals surface area (Å²) in [5.74, 6) is -0.0566. The smallest absolute Gasteiger partial charge is 0.251 e. The summed E-state index contributed by atoms with van der Waals surface area (Å²) in [7, 11) is 1.64. The summed E-state index contributed by atoms with van der Waals surface area (Å²) in [6, 6.07) is 11.5. The van der Waals surface area contributed by atoms with Crippen LogP contribution in [0.2, 0.25) is 0 Å². The van der Waals surface area contributed by atoms with Gasteiger partial charge < -0.3 is 10.1 Å². The summed E-state index contributed by atoms with van der Waals surface area (Å²) in [5.41, 5.74) is 1.66. The number of ether oxygens (including phenoxy) is 1. The van der Waals surface area contributed by atoms with E-state index in [4.69, 9.17) is 4.74 Å². The summed E-state index contributed by atoms with van der Waals surface area (Å²) in [6.45, 7) is 2.50. The minimum absolute atomic E-state index is 0.0265. The van der Waals surface area contributed by atoms with E-state index in [-0.39, 0.29) is 11.9 Å². The van der Waals surface area contributed by atoms with Gasteiger partial charge in [-0.05, 0) is 36.1 Å². The molecule has 1 amide bonds. The Morgan fingerprint density at radius 3 is 2.89 bits per heavy atom. The minimum atomic E-state index is -0.0566. The van der Waals surface area contributed by atoms with Crippen LogP contribution in [0.1, 0.15) is 33.8 Å². The first-order valence-corrected chi connectivity index (χ1v) is 7.01. The molecule has 3 nitrogen and oxygen atoms in total. The Kier molecular flexibility index (Phi) is 4.71. The lowest BCUT2D eigenvalue weighted by Gasteiger charge is -2.12. The van der Waals surface area contributed by atoms with E-state index in [2.05, 4.69) is 5.32 Å². The largest absolute Gasteiger partial charge is 0.380 e. The van der Waals surface area contributed by atoms with Gasteiger partial charge in [-0.15, -0.1) is 11.3 Å². The quantitative estimate of drug-likeness (QED) is 0.908. The molecule has 0 bridgehead atoms. The van der Waals surface area contributed by atoms with Crippen molar-refractivity contribution < 1.29 is 9.53 Å². The molecule has 0 aliphatic rings. The summed E-state index contributed by atoms with van der Waals surface area (Å²) >= 11 is 1.64. The van der Waals surface area contributed by atoms with Crippen molar-refractivity contribution in [1.29, 1.82) is 0 Å². The zero-order chi connectivity index (χ0) is 13.7. The van der Waals surface area contributed by atoms with Crippen molar-refractivity contribution in [2.24, 2.45) is 0 Å². The highest BCUT2D eigenvalue weighted by Gasteiger charge is 2.12. The number of thiophene rings is 1. The summed E-state index contributed by atoms with van der Waals surface area (Å²) < 4.78 is 5.07. The molecule has 0 aliphatic heterocycles. The molecule has 19 heavy (non-hydrogen) atoms. The van der Waals surface area contributed by atoms with E-state index in [0.717, 1.165) is 10.4 Å². The summed E-state index contributed by atoms with van der Waals surface area (Å²) in [6.07, 6.45) is 0. The topological polar surface area (TPSA) is 38.3 Å². The van der Waals surface area contributed by atoms with E-state index in [9.17, 15) is 4.79 Å². The van der Waals surface area contributed by atoms with Crippen LogP contribution in [0.15, 0.2) is 41.8 Å². The third-order valence-electron chi connectivity index (χ3n) is 2.82. The Labute approximate surface area is 117 Å². The number of benzene rings is 1. The predicted molar refractivity (Wildman–Crippen MR) is 77.4 cm³/mol. The van der Waals surface area contributed by atoms with Gasteiger partial charge in [0.05, 0.1) is 12.6 Å². The lowest BCUT2D eigenvalue weighted by molar-refractivity contribution is 0.0940. The third kappa shape index (κ3) is 3.66. The normalized spacial score (nSPS) is 12.1. The van der Waals surface area contributed by atoms with E-state index in [1.54, 1.807) is 18.4 Å². The van der Waals surface area contributed by atoms with Crippen LogP contribution < -0.4 is 5.32 Å². The monoisotopic (exact) mass is 275 g/mol. The molecule has 2 aromatic rings. The van der Waals surface area contributed by atoms with Crippen LogP contribution in [-0.4, -0.2) is 13.0 Å². The van der Waals surface area contributed by atoms with Gasteiger partial charge in [-0.3, -0.25) is 4.79 Å². The minimum Gasteiger partial charge on any atom is -0.380 e. The number of amides is 1. The van der Waals surface area contributed by atoms with E-state index in [0.29, 0.717) is 12.2 Å². The molecule has 0 spiro atoms. The van der Waals surface area contributed by atoms with Crippen LogP contribution >= 0.6 is 11.3 Å². The molecule has 0 unspecified atom stereocenters. The van der Waals surface area contributed by atoms with Gasteiger partial charge in [-0.2, -0.15) is 0 Å². The molecule has 1 atom stereocenters. The molecular formula is C15H17NO2S. The highest BCUT2D eigenvalue weighted by molar-refractivity contribution is 7.10. The zero-order valence-electron chi connectivity index (χ0n) is 11.1. The predicted octanol–water partition coefficient (Wildman–Crippen LogP) is 3.39. The van der Waals surface area contributed by atoms with Crippen molar-refractivity contribution in [3.8, 4) is 0 Å². The molecule has 4 heteroatoms. The molecule has 1 heterocycles. The van der Waals surface area contributed by atoms with Crippen molar-refractivity contribution in [2.45, 2.75) is 19.6 Å². The van der Waals surface area contributed by atoms with Gasteiger partial charge in [0.15, 0.2) is 0 Å². The maximum absolute atomic E-state index is 12.2. The molecule has 0 saturated carbocycles. The first kappa shape index (κ1) is 13.8. The Morgan fingerprint density at radius 1 is 1.37 bits per heavy atom. The van der Waals surface area contributed by atoms with Crippen LogP contribution in [0.5, 0.6) is 0 Å². The van der Waals surface area contributed by atoms with E-state index in [1.807, 2.05) is 48.7 Å². The molecular weight excluding hydrogens is 258 g/mol. The van der Waals surface area contributed by atoms with Crippen LogP contribution in [0.4, 0.5) is 0 Å². The number of rotatable bonds is 5. The SMILES string of the molecule is COCc1cccc(C(=O)N[C@H](C)c2cccs2)c1. The van der Waals surface area contributed by atoms with Gasteiger partial charge in [-0.25, -0.2) is 0 Å². The van der Waals surface area contributed by atoms with Crippen molar-refractivity contribution in [3.05, 3.63) is 57.8 Å². The van der Waals surface area contributed by atoms with Gasteiger partial charge in [0, 0.05) is 17.6 Å². The van der Waals surface area contributed by atoms with Crippen LogP contribution in [0.25, 0.3) is 0 Å². The van der Waals surface area contributed by atoms with Crippen LogP contribution in [0, 0.1) is 0 Å². The van der Waals surface area contributed by atoms with Crippen molar-refractivity contribution in [1.82, 2.24) is 5.32 Å². The van der Waals surface area contributed by atoms with Crippen molar-refractivity contribution in [3.63, 3.8) is 0 Å². The summed E-state index contributed by atoms with van der Waals surface area (Å²) in [5, 5.41) is 5.01. The lowest BCUT2D eigenvalue weighted by Crippen LogP contribution is -2.26. The second-order valence-electron chi connectivity index (χ2n) is 4.34. The molecule has 1 aromatic heterocycles. The first-order valence-electron chi connectivity index (χ1n) is 6.13. The maximum Gasteiger partial charge on any atom is 0.251 e. The molecule has 0 radical (unpaired) electrons. The highest BCUT2D eigenvalue weighted by atomic mass is 32.1. The zero-order valence-corrected chi connectivity index (χ0v) is 11.9. The number of methoxy groups -OCH3 is 1. The van der Waals surface area contributed by atoms with E-state index < -0.39 is 0 Å². The second-order valence-corrected chi connectivity index (χ2v) is 5.32. The lowest BCUT2D eigenvalue weighted by atomic mass is 10.1. The molecule has 1 aromatic carbocycles. The first-order chi connectivity index (χ1) is 9.20. The maximum atomic E-state index is 12.2. The molecule has 100 valence electrons. The Balaban J connectivity index is 2.05. The fraction of sp³-hybridized carbons (Fsp3) is 0.267. The number of carbonyl (C=O) groups is 1. The number of hydrogen-bond donors (Lipinski definition) is 1. The fourth-order valence-electron chi connectivity index (χ4n) is 1.86. The van der Waals surface area contributed by atoms with Gasteiger partial charge in [0.2, 0.25) is 0 Å². The van der Waals surface area contributed by atoms with E-state index in [1.165, 1.54) is 0 Å². The van der Waals surface area contributed by atoms with Gasteiger partial charge in [0.1, 0.15) is 0 Å². The van der Waals surface area contributed by atoms with Crippen molar-refractivity contribution >= 4 is 17.2 Å². The van der Waals surface area contributed by atoms with Gasteiger partial charge in [0.25, 0.3) is 5.91 Å². The number of hydrogen-bond acceptors (Lipinski definition) is 3. The number of nitrogens with one attached hydrogen (secondary N) is 1. The highest BCUT2D eigenvalue weighted by Crippen LogP contribution is 2.18. The molecule has 0 aliphatic carbocycles. The fourth-order valence-corrected chi connectivity index (χ4v) is 2.59. The molecule has 1 N–H and O–H groups in total. The van der Waals surface area contributed by atoms with Crippen LogP contribution in [0.3, 0.4) is 0 Å². The Hall–Kier alpha value is -1.65. The third-order valence-corrected chi connectivity index (χ3v) is 3.87. The van der Waals surface area contributed by atoms with Crippen molar-refractivity contribution in [2.75, 3.05) is 7.11 Å². The van der Waals surface area contributed by atoms with Gasteiger partial charge in [-0.1, -0.05) is 18.2 Å². The Morgan fingerprint density at radius 2 is 2.21 bits per heavy atom. The molecule has 0 saturated heterocycles. The average molecular weight is 275 g/mol. The summed E-state index contributed by atoms with van der Waals surface area (Å²) in [4.78, 5) is 13.3. The van der Waals surface area contributed by atoms with E-state index >= 15 is 0 Å². The van der Waals surface area contributed by atoms with Crippen LogP contribution in [-0.2, 0) is 11.3 Å². The Bertz CT molecular complexity index is 537.